The highest BCUT2D eigenvalue weighted by molar-refractivity contribution is 6.36. The molecule has 0 bridgehead atoms. The molecule has 0 radical (unpaired) electrons. The predicted octanol–water partition coefficient (Wildman–Crippen LogP) is 5.78. The number of aryl methyl sites for hydroxylation is 1. The van der Waals surface area contributed by atoms with Gasteiger partial charge in [-0.05, 0) is 74.4 Å². The van der Waals surface area contributed by atoms with Gasteiger partial charge in [0, 0.05) is 69.4 Å². The van der Waals surface area contributed by atoms with Crippen molar-refractivity contribution in [3.05, 3.63) is 62.3 Å². The Bertz CT molecular complexity index is 1350. The summed E-state index contributed by atoms with van der Waals surface area (Å²) in [5.41, 5.74) is 1.90. The van der Waals surface area contributed by atoms with Crippen molar-refractivity contribution in [2.75, 3.05) is 57.3 Å². The molecule has 3 amide bonds. The summed E-state index contributed by atoms with van der Waals surface area (Å²) < 4.78 is 14.0. The number of piperidine rings is 1. The summed E-state index contributed by atoms with van der Waals surface area (Å²) in [5.74, 6) is -0.238. The van der Waals surface area contributed by atoms with E-state index in [1.807, 2.05) is 30.0 Å². The van der Waals surface area contributed by atoms with E-state index in [1.165, 1.54) is 6.07 Å². The van der Waals surface area contributed by atoms with Crippen molar-refractivity contribution >= 4 is 58.2 Å². The van der Waals surface area contributed by atoms with Gasteiger partial charge >= 0.3 is 0 Å². The SMILES string of the molecule is CC(=O)N1CCC(C(=O)N(CCCN2CC3CN(C(=O)c4cc(F)c(Cl)cc4Cl)CC3C2)c2ccc(C)c(Cl)c2)CC1. The van der Waals surface area contributed by atoms with Crippen LogP contribution in [0.4, 0.5) is 10.1 Å². The molecular weight excluding hydrogens is 602 g/mol. The summed E-state index contributed by atoms with van der Waals surface area (Å²) in [6.45, 7) is 9.06. The monoisotopic (exact) mass is 636 g/mol. The molecular formula is C31H36Cl3FN4O3. The molecule has 0 aliphatic carbocycles. The fourth-order valence-electron chi connectivity index (χ4n) is 6.53. The molecule has 0 aromatic heterocycles. The van der Waals surface area contributed by atoms with Crippen LogP contribution in [0.15, 0.2) is 30.3 Å². The maximum absolute atomic E-state index is 14.0. The number of fused-ring (bicyclic) bond motifs is 1. The Morgan fingerprint density at radius 1 is 0.905 bits per heavy atom. The fourth-order valence-corrected chi connectivity index (χ4v) is 7.16. The minimum absolute atomic E-state index is 0.0496. The first-order chi connectivity index (χ1) is 20.0. The van der Waals surface area contributed by atoms with E-state index < -0.39 is 5.82 Å². The van der Waals surface area contributed by atoms with E-state index in [-0.39, 0.29) is 39.2 Å². The Morgan fingerprint density at radius 2 is 1.57 bits per heavy atom. The topological polar surface area (TPSA) is 64.2 Å². The van der Waals surface area contributed by atoms with E-state index >= 15 is 0 Å². The van der Waals surface area contributed by atoms with Gasteiger partial charge < -0.3 is 19.6 Å². The van der Waals surface area contributed by atoms with Crippen LogP contribution in [-0.4, -0.2) is 84.8 Å². The predicted molar refractivity (Wildman–Crippen MR) is 164 cm³/mol. The molecule has 3 heterocycles. The van der Waals surface area contributed by atoms with Crippen molar-refractivity contribution in [1.82, 2.24) is 14.7 Å². The molecule has 3 aliphatic rings. The number of carbonyl (C=O) groups is 3. The molecule has 0 N–H and O–H groups in total. The van der Waals surface area contributed by atoms with Crippen molar-refractivity contribution in [2.45, 2.75) is 33.1 Å². The van der Waals surface area contributed by atoms with Crippen molar-refractivity contribution < 1.29 is 18.8 Å². The Balaban J connectivity index is 1.17. The molecule has 11 heteroatoms. The first-order valence-electron chi connectivity index (χ1n) is 14.5. The summed E-state index contributed by atoms with van der Waals surface area (Å²) >= 11 is 18.4. The Labute approximate surface area is 261 Å². The zero-order valence-corrected chi connectivity index (χ0v) is 26.2. The van der Waals surface area contributed by atoms with Crippen LogP contribution in [0.2, 0.25) is 15.1 Å². The third-order valence-corrected chi connectivity index (χ3v) is 9.98. The summed E-state index contributed by atoms with van der Waals surface area (Å²) in [5, 5.41) is 0.684. The van der Waals surface area contributed by atoms with Gasteiger partial charge in [0.1, 0.15) is 5.82 Å². The standard InChI is InChI=1S/C31H36Cl3FN4O3/c1-19-4-5-24(12-26(19)32)39(30(41)21-6-10-37(11-7-21)20(2)40)9-3-8-36-15-22-17-38(18-23(22)16-36)31(42)25-13-29(35)28(34)14-27(25)33/h4-5,12-14,21-23H,3,6-11,15-18H2,1-2H3. The van der Waals surface area contributed by atoms with Crippen molar-refractivity contribution in [1.29, 1.82) is 0 Å². The molecule has 5 rings (SSSR count). The molecule has 226 valence electrons. The van der Waals surface area contributed by atoms with Crippen LogP contribution in [0.25, 0.3) is 0 Å². The average Bonchev–Trinajstić information content (AvgIpc) is 3.53. The van der Waals surface area contributed by atoms with E-state index in [0.29, 0.717) is 62.4 Å². The van der Waals surface area contributed by atoms with Crippen LogP contribution in [0.3, 0.4) is 0 Å². The number of rotatable bonds is 7. The smallest absolute Gasteiger partial charge is 0.255 e. The quantitative estimate of drug-likeness (QED) is 0.361. The largest absolute Gasteiger partial charge is 0.343 e. The van der Waals surface area contributed by atoms with Gasteiger partial charge in [-0.2, -0.15) is 0 Å². The summed E-state index contributed by atoms with van der Waals surface area (Å²) in [4.78, 5) is 46.4. The number of nitrogens with zero attached hydrogens (tertiary/aromatic N) is 4. The van der Waals surface area contributed by atoms with E-state index in [2.05, 4.69) is 4.90 Å². The Kier molecular flexibility index (Phi) is 9.67. The lowest BCUT2D eigenvalue weighted by atomic mass is 9.94. The van der Waals surface area contributed by atoms with E-state index in [0.717, 1.165) is 43.4 Å². The zero-order chi connectivity index (χ0) is 30.1. The van der Waals surface area contributed by atoms with Crippen LogP contribution in [0, 0.1) is 30.5 Å². The molecule has 3 aliphatic heterocycles. The number of hydrogen-bond acceptors (Lipinski definition) is 4. The molecule has 42 heavy (non-hydrogen) atoms. The van der Waals surface area contributed by atoms with Crippen molar-refractivity contribution in [2.24, 2.45) is 17.8 Å². The highest BCUT2D eigenvalue weighted by atomic mass is 35.5. The second-order valence-electron chi connectivity index (χ2n) is 11.8. The number of benzene rings is 2. The number of halogens is 4. The highest BCUT2D eigenvalue weighted by Crippen LogP contribution is 2.34. The van der Waals surface area contributed by atoms with Gasteiger partial charge in [0.05, 0.1) is 15.6 Å². The molecule has 3 fully saturated rings. The van der Waals surface area contributed by atoms with Gasteiger partial charge in [-0.25, -0.2) is 4.39 Å². The van der Waals surface area contributed by atoms with Gasteiger partial charge in [-0.1, -0.05) is 40.9 Å². The van der Waals surface area contributed by atoms with Gasteiger partial charge in [-0.15, -0.1) is 0 Å². The minimum atomic E-state index is -0.656. The summed E-state index contributed by atoms with van der Waals surface area (Å²) in [6.07, 6.45) is 2.12. The van der Waals surface area contributed by atoms with Gasteiger partial charge in [0.15, 0.2) is 0 Å². The molecule has 2 unspecified atom stereocenters. The van der Waals surface area contributed by atoms with Crippen LogP contribution >= 0.6 is 34.8 Å². The Hall–Kier alpha value is -2.39. The van der Waals surface area contributed by atoms with Crippen molar-refractivity contribution in [3.63, 3.8) is 0 Å². The lowest BCUT2D eigenvalue weighted by Crippen LogP contribution is -2.44. The number of amides is 3. The van der Waals surface area contributed by atoms with Gasteiger partial charge in [0.25, 0.3) is 5.91 Å². The number of hydrogen-bond donors (Lipinski definition) is 0. The molecule has 2 aromatic rings. The molecule has 2 atom stereocenters. The second kappa shape index (κ2) is 13.1. The molecule has 7 nitrogen and oxygen atoms in total. The van der Waals surface area contributed by atoms with Crippen molar-refractivity contribution in [3.8, 4) is 0 Å². The van der Waals surface area contributed by atoms with Crippen LogP contribution in [0.1, 0.15) is 42.1 Å². The third-order valence-electron chi connectivity index (χ3n) is 8.97. The molecule has 3 saturated heterocycles. The lowest BCUT2D eigenvalue weighted by molar-refractivity contribution is -0.133. The Morgan fingerprint density at radius 3 is 2.19 bits per heavy atom. The summed E-state index contributed by atoms with van der Waals surface area (Å²) in [6, 6.07) is 8.15. The number of carbonyl (C=O) groups excluding carboxylic acids is 3. The van der Waals surface area contributed by atoms with Gasteiger partial charge in [0.2, 0.25) is 11.8 Å². The maximum atomic E-state index is 14.0. The minimum Gasteiger partial charge on any atom is -0.343 e. The first-order valence-corrected chi connectivity index (χ1v) is 15.6. The number of anilines is 1. The molecule has 0 spiro atoms. The maximum Gasteiger partial charge on any atom is 0.255 e. The number of likely N-dealkylation sites (tertiary alicyclic amines) is 3. The lowest BCUT2D eigenvalue weighted by Gasteiger charge is -2.34. The summed E-state index contributed by atoms with van der Waals surface area (Å²) in [7, 11) is 0. The third kappa shape index (κ3) is 6.72. The normalized spacial score (nSPS) is 21.1. The van der Waals surface area contributed by atoms with Crippen LogP contribution < -0.4 is 4.90 Å². The van der Waals surface area contributed by atoms with Gasteiger partial charge in [-0.3, -0.25) is 14.4 Å². The molecule has 0 saturated carbocycles. The second-order valence-corrected chi connectivity index (χ2v) is 13.0. The van der Waals surface area contributed by atoms with E-state index in [9.17, 15) is 18.8 Å². The van der Waals surface area contributed by atoms with E-state index in [4.69, 9.17) is 34.8 Å². The van der Waals surface area contributed by atoms with Crippen LogP contribution in [0.5, 0.6) is 0 Å². The van der Waals surface area contributed by atoms with Crippen LogP contribution in [-0.2, 0) is 9.59 Å². The highest BCUT2D eigenvalue weighted by Gasteiger charge is 2.42. The van der Waals surface area contributed by atoms with E-state index in [1.54, 1.807) is 16.7 Å². The zero-order valence-electron chi connectivity index (χ0n) is 23.9. The average molecular weight is 638 g/mol. The fraction of sp³-hybridized carbons (Fsp3) is 0.516. The molecule has 2 aromatic carbocycles. The first kappa shape index (κ1) is 31.0.